The number of rotatable bonds is 3. The highest BCUT2D eigenvalue weighted by atomic mass is 19.1. The van der Waals surface area contributed by atoms with Gasteiger partial charge in [0.2, 0.25) is 0 Å². The van der Waals surface area contributed by atoms with Gasteiger partial charge in [0.15, 0.2) is 0 Å². The molecule has 0 heterocycles. The smallest absolute Gasteiger partial charge is 0.271 e. The Morgan fingerprint density at radius 2 is 1.84 bits per heavy atom. The highest BCUT2D eigenvalue weighted by molar-refractivity contribution is 5.95. The maximum Gasteiger partial charge on any atom is 0.271 e. The maximum absolute atomic E-state index is 13.3. The minimum Gasteiger partial charge on any atom is -0.399 e. The van der Waals surface area contributed by atoms with Crippen molar-refractivity contribution in [1.82, 2.24) is 5.43 Å². The minimum atomic E-state index is -0.395. The summed E-state index contributed by atoms with van der Waals surface area (Å²) in [5.74, 6) is -0.777. The summed E-state index contributed by atoms with van der Waals surface area (Å²) in [6.45, 7) is 0. The molecule has 0 radical (unpaired) electrons. The fourth-order valence-electron chi connectivity index (χ4n) is 1.44. The van der Waals surface area contributed by atoms with E-state index < -0.39 is 5.82 Å². The lowest BCUT2D eigenvalue weighted by atomic mass is 10.2. The number of hydrogen-bond donors (Lipinski definition) is 2. The Bertz CT molecular complexity index is 608. The number of hydrazone groups is 1. The third-order valence-corrected chi connectivity index (χ3v) is 2.45. The molecule has 0 aliphatic carbocycles. The molecule has 5 heteroatoms. The number of benzene rings is 2. The van der Waals surface area contributed by atoms with Gasteiger partial charge in [-0.2, -0.15) is 5.10 Å². The summed E-state index contributed by atoms with van der Waals surface area (Å²) in [6.07, 6.45) is 1.25. The van der Waals surface area contributed by atoms with Gasteiger partial charge >= 0.3 is 0 Å². The molecule has 4 nitrogen and oxygen atoms in total. The van der Waals surface area contributed by atoms with Crippen LogP contribution in [-0.4, -0.2) is 12.1 Å². The van der Waals surface area contributed by atoms with Crippen molar-refractivity contribution in [2.45, 2.75) is 0 Å². The van der Waals surface area contributed by atoms with Crippen molar-refractivity contribution in [2.24, 2.45) is 5.10 Å². The number of carbonyl (C=O) groups is 1. The zero-order valence-corrected chi connectivity index (χ0v) is 10.0. The Labute approximate surface area is 109 Å². The normalized spacial score (nSPS) is 10.6. The van der Waals surface area contributed by atoms with Crippen LogP contribution in [0.4, 0.5) is 10.1 Å². The van der Waals surface area contributed by atoms with Crippen LogP contribution in [0.15, 0.2) is 53.6 Å². The van der Waals surface area contributed by atoms with Gasteiger partial charge in [-0.05, 0) is 30.3 Å². The molecule has 2 aromatic carbocycles. The monoisotopic (exact) mass is 257 g/mol. The summed E-state index contributed by atoms with van der Waals surface area (Å²) in [6, 6.07) is 12.6. The van der Waals surface area contributed by atoms with Gasteiger partial charge in [-0.25, -0.2) is 9.82 Å². The highest BCUT2D eigenvalue weighted by Crippen LogP contribution is 2.05. The number of anilines is 1. The molecular weight excluding hydrogens is 245 g/mol. The van der Waals surface area contributed by atoms with Crippen molar-refractivity contribution in [2.75, 3.05) is 5.73 Å². The topological polar surface area (TPSA) is 67.5 Å². The van der Waals surface area contributed by atoms with Gasteiger partial charge in [0.25, 0.3) is 5.91 Å². The van der Waals surface area contributed by atoms with E-state index in [-0.39, 0.29) is 5.91 Å². The van der Waals surface area contributed by atoms with Gasteiger partial charge in [-0.3, -0.25) is 4.79 Å². The number of halogens is 1. The van der Waals surface area contributed by atoms with E-state index in [9.17, 15) is 9.18 Å². The Kier molecular flexibility index (Phi) is 3.87. The molecule has 96 valence electrons. The van der Waals surface area contributed by atoms with E-state index in [1.165, 1.54) is 12.3 Å². The second-order valence-electron chi connectivity index (χ2n) is 3.84. The summed E-state index contributed by atoms with van der Waals surface area (Å²) >= 11 is 0. The van der Waals surface area contributed by atoms with Gasteiger partial charge in [0, 0.05) is 16.8 Å². The van der Waals surface area contributed by atoms with Gasteiger partial charge in [0.1, 0.15) is 5.82 Å². The summed E-state index contributed by atoms with van der Waals surface area (Å²) in [7, 11) is 0. The van der Waals surface area contributed by atoms with Gasteiger partial charge in [-0.1, -0.05) is 18.2 Å². The summed E-state index contributed by atoms with van der Waals surface area (Å²) < 4.78 is 13.3. The second-order valence-corrected chi connectivity index (χ2v) is 3.84. The SMILES string of the molecule is Nc1ccc(C(=O)N/N=C\c2ccccc2F)cc1. The summed E-state index contributed by atoms with van der Waals surface area (Å²) in [4.78, 5) is 11.7. The van der Waals surface area contributed by atoms with E-state index in [0.717, 1.165) is 0 Å². The molecule has 0 fully saturated rings. The number of nitrogens with two attached hydrogens (primary N) is 1. The molecule has 1 amide bonds. The lowest BCUT2D eigenvalue weighted by molar-refractivity contribution is 0.0955. The van der Waals surface area contributed by atoms with Crippen LogP contribution >= 0.6 is 0 Å². The average Bonchev–Trinajstić information content (AvgIpc) is 2.41. The molecule has 0 aliphatic rings. The van der Waals surface area contributed by atoms with Gasteiger partial charge < -0.3 is 5.73 Å². The molecule has 0 aliphatic heterocycles. The molecular formula is C14H12FN3O. The molecule has 2 aromatic rings. The molecule has 0 atom stereocenters. The van der Waals surface area contributed by atoms with Crippen molar-refractivity contribution in [3.8, 4) is 0 Å². The first-order chi connectivity index (χ1) is 9.16. The van der Waals surface area contributed by atoms with Crippen molar-refractivity contribution in [3.05, 3.63) is 65.5 Å². The lowest BCUT2D eigenvalue weighted by Crippen LogP contribution is -2.17. The molecule has 19 heavy (non-hydrogen) atoms. The van der Waals surface area contributed by atoms with Crippen LogP contribution in [0.5, 0.6) is 0 Å². The Morgan fingerprint density at radius 3 is 2.53 bits per heavy atom. The highest BCUT2D eigenvalue weighted by Gasteiger charge is 2.03. The van der Waals surface area contributed by atoms with Crippen molar-refractivity contribution in [1.29, 1.82) is 0 Å². The van der Waals surface area contributed by atoms with Gasteiger partial charge in [0.05, 0.1) is 6.21 Å². The molecule has 3 N–H and O–H groups in total. The van der Waals surface area contributed by atoms with E-state index in [1.54, 1.807) is 42.5 Å². The maximum atomic E-state index is 13.3. The standard InChI is InChI=1S/C14H12FN3O/c15-13-4-2-1-3-11(13)9-17-18-14(19)10-5-7-12(16)8-6-10/h1-9H,16H2,(H,18,19)/b17-9-. The largest absolute Gasteiger partial charge is 0.399 e. The summed E-state index contributed by atoms with van der Waals surface area (Å²) in [5, 5.41) is 3.71. The fraction of sp³-hybridized carbons (Fsp3) is 0. The molecule has 0 unspecified atom stereocenters. The predicted octanol–water partition coefficient (Wildman–Crippen LogP) is 2.17. The first-order valence-corrected chi connectivity index (χ1v) is 5.60. The number of amides is 1. The number of hydrogen-bond acceptors (Lipinski definition) is 3. The van der Waals surface area contributed by atoms with Crippen LogP contribution in [0.25, 0.3) is 0 Å². The van der Waals surface area contributed by atoms with Crippen LogP contribution in [0.2, 0.25) is 0 Å². The Morgan fingerprint density at radius 1 is 1.16 bits per heavy atom. The summed E-state index contributed by atoms with van der Waals surface area (Å²) in [5.41, 5.74) is 9.15. The van der Waals surface area contributed by atoms with Crippen LogP contribution in [0.1, 0.15) is 15.9 Å². The van der Waals surface area contributed by atoms with Crippen molar-refractivity contribution >= 4 is 17.8 Å². The van der Waals surface area contributed by atoms with Crippen LogP contribution in [0, 0.1) is 5.82 Å². The van der Waals surface area contributed by atoms with Crippen molar-refractivity contribution in [3.63, 3.8) is 0 Å². The number of carbonyl (C=O) groups excluding carboxylic acids is 1. The van der Waals surface area contributed by atoms with E-state index in [2.05, 4.69) is 10.5 Å². The van der Waals surface area contributed by atoms with E-state index in [0.29, 0.717) is 16.8 Å². The second kappa shape index (κ2) is 5.77. The average molecular weight is 257 g/mol. The molecule has 2 rings (SSSR count). The van der Waals surface area contributed by atoms with Crippen LogP contribution < -0.4 is 11.2 Å². The molecule has 0 saturated heterocycles. The predicted molar refractivity (Wildman–Crippen MR) is 72.3 cm³/mol. The van der Waals surface area contributed by atoms with Crippen LogP contribution in [-0.2, 0) is 0 Å². The molecule has 0 spiro atoms. The lowest BCUT2D eigenvalue weighted by Gasteiger charge is -2.00. The number of nitrogens with zero attached hydrogens (tertiary/aromatic N) is 1. The number of nitrogen functional groups attached to an aromatic ring is 1. The third-order valence-electron chi connectivity index (χ3n) is 2.45. The molecule has 0 aromatic heterocycles. The van der Waals surface area contributed by atoms with E-state index in [1.807, 2.05) is 0 Å². The zero-order chi connectivity index (χ0) is 13.7. The Balaban J connectivity index is 2.01. The quantitative estimate of drug-likeness (QED) is 0.502. The third kappa shape index (κ3) is 3.38. The minimum absolute atomic E-state index is 0.306. The first-order valence-electron chi connectivity index (χ1n) is 5.60. The molecule has 0 saturated carbocycles. The Hall–Kier alpha value is -2.69. The van der Waals surface area contributed by atoms with Crippen molar-refractivity contribution < 1.29 is 9.18 Å². The molecule has 0 bridgehead atoms. The van der Waals surface area contributed by atoms with E-state index >= 15 is 0 Å². The first kappa shape index (κ1) is 12.8. The number of nitrogens with one attached hydrogen (secondary N) is 1. The fourth-order valence-corrected chi connectivity index (χ4v) is 1.44. The van der Waals surface area contributed by atoms with Gasteiger partial charge in [-0.15, -0.1) is 0 Å². The zero-order valence-electron chi connectivity index (χ0n) is 10.0. The van der Waals surface area contributed by atoms with Crippen LogP contribution in [0.3, 0.4) is 0 Å². The van der Waals surface area contributed by atoms with E-state index in [4.69, 9.17) is 5.73 Å².